The molecule has 70 valence electrons. The quantitative estimate of drug-likeness (QED) is 0.712. The number of alkyl halides is 3. The van der Waals surface area contributed by atoms with Crippen molar-refractivity contribution >= 4 is 12.4 Å². The summed E-state index contributed by atoms with van der Waals surface area (Å²) in [5.74, 6) is -1.41. The largest absolute Gasteiger partial charge is 0.393 e. The zero-order valence-electron chi connectivity index (χ0n) is 6.35. The normalized spacial score (nSPS) is 16.9. The smallest absolute Gasteiger partial charge is 0.391 e. The maximum Gasteiger partial charge on any atom is 0.391 e. The number of hydrogen-bond acceptors (Lipinski definition) is 1. The van der Waals surface area contributed by atoms with Crippen molar-refractivity contribution in [3.05, 3.63) is 0 Å². The first-order chi connectivity index (χ1) is 4.34. The molecule has 0 saturated heterocycles. The number of halogens is 4. The highest BCUT2D eigenvalue weighted by Crippen LogP contribution is 2.28. The Labute approximate surface area is 70.0 Å². The van der Waals surface area contributed by atoms with E-state index in [1.54, 1.807) is 0 Å². The van der Waals surface area contributed by atoms with Crippen LogP contribution in [0.2, 0.25) is 0 Å². The average molecular weight is 193 g/mol. The van der Waals surface area contributed by atoms with Gasteiger partial charge in [-0.2, -0.15) is 13.2 Å². The lowest BCUT2D eigenvalue weighted by Gasteiger charge is -2.16. The Morgan fingerprint density at radius 2 is 1.64 bits per heavy atom. The second-order valence-corrected chi connectivity index (χ2v) is 2.53. The molecule has 5 heteroatoms. The van der Waals surface area contributed by atoms with Gasteiger partial charge in [0.2, 0.25) is 0 Å². The van der Waals surface area contributed by atoms with Crippen molar-refractivity contribution in [2.75, 3.05) is 0 Å². The first-order valence-electron chi connectivity index (χ1n) is 3.09. The Bertz CT molecular complexity index is 102. The van der Waals surface area contributed by atoms with Crippen LogP contribution in [0.5, 0.6) is 0 Å². The summed E-state index contributed by atoms with van der Waals surface area (Å²) in [7, 11) is 0. The SMILES string of the molecule is CC(O)CC(C)C(F)(F)F.Cl. The molecule has 0 heterocycles. The van der Waals surface area contributed by atoms with Crippen LogP contribution in [0.15, 0.2) is 0 Å². The molecule has 2 unspecified atom stereocenters. The molecule has 0 aliphatic heterocycles. The molecule has 0 aliphatic rings. The van der Waals surface area contributed by atoms with Gasteiger partial charge in [-0.05, 0) is 13.3 Å². The molecule has 0 bridgehead atoms. The Hall–Kier alpha value is 0.0400. The fraction of sp³-hybridized carbons (Fsp3) is 1.00. The highest BCUT2D eigenvalue weighted by molar-refractivity contribution is 5.85. The molecular formula is C6H12ClF3O. The molecular weight excluding hydrogens is 181 g/mol. The summed E-state index contributed by atoms with van der Waals surface area (Å²) in [6.45, 7) is 2.41. The van der Waals surface area contributed by atoms with Gasteiger partial charge in [-0.15, -0.1) is 12.4 Å². The van der Waals surface area contributed by atoms with Gasteiger partial charge < -0.3 is 5.11 Å². The van der Waals surface area contributed by atoms with Gasteiger partial charge in [0.25, 0.3) is 0 Å². The molecule has 0 aromatic heterocycles. The van der Waals surface area contributed by atoms with Crippen molar-refractivity contribution in [1.82, 2.24) is 0 Å². The third-order valence-corrected chi connectivity index (χ3v) is 1.25. The van der Waals surface area contributed by atoms with Gasteiger partial charge in [0, 0.05) is 0 Å². The number of hydrogen-bond donors (Lipinski definition) is 1. The van der Waals surface area contributed by atoms with Crippen molar-refractivity contribution in [2.45, 2.75) is 32.5 Å². The Morgan fingerprint density at radius 3 is 1.73 bits per heavy atom. The fourth-order valence-electron chi connectivity index (χ4n) is 0.645. The minimum Gasteiger partial charge on any atom is -0.393 e. The molecule has 0 aromatic carbocycles. The second-order valence-electron chi connectivity index (χ2n) is 2.53. The summed E-state index contributed by atoms with van der Waals surface area (Å²) in [4.78, 5) is 0. The lowest BCUT2D eigenvalue weighted by Crippen LogP contribution is -2.23. The van der Waals surface area contributed by atoms with E-state index >= 15 is 0 Å². The van der Waals surface area contributed by atoms with E-state index in [4.69, 9.17) is 5.11 Å². The van der Waals surface area contributed by atoms with E-state index in [0.717, 1.165) is 6.92 Å². The third-order valence-electron chi connectivity index (χ3n) is 1.25. The summed E-state index contributed by atoms with van der Waals surface area (Å²) in [5, 5.41) is 8.59. The topological polar surface area (TPSA) is 20.2 Å². The van der Waals surface area contributed by atoms with Crippen LogP contribution in [0.25, 0.3) is 0 Å². The predicted octanol–water partition coefficient (Wildman–Crippen LogP) is 2.38. The van der Waals surface area contributed by atoms with Gasteiger partial charge in [-0.25, -0.2) is 0 Å². The summed E-state index contributed by atoms with van der Waals surface area (Å²) in [6.07, 6.45) is -5.27. The Balaban J connectivity index is 0. The molecule has 0 aromatic rings. The van der Waals surface area contributed by atoms with Crippen molar-refractivity contribution in [1.29, 1.82) is 0 Å². The molecule has 1 N–H and O–H groups in total. The van der Waals surface area contributed by atoms with Gasteiger partial charge in [-0.3, -0.25) is 0 Å². The van der Waals surface area contributed by atoms with Crippen LogP contribution in [-0.2, 0) is 0 Å². The van der Waals surface area contributed by atoms with Crippen molar-refractivity contribution < 1.29 is 18.3 Å². The van der Waals surface area contributed by atoms with Crippen molar-refractivity contribution in [2.24, 2.45) is 5.92 Å². The third kappa shape index (κ3) is 6.44. The molecule has 0 saturated carbocycles. The van der Waals surface area contributed by atoms with Gasteiger partial charge >= 0.3 is 6.18 Å². The van der Waals surface area contributed by atoms with E-state index in [0.29, 0.717) is 0 Å². The highest BCUT2D eigenvalue weighted by Gasteiger charge is 2.36. The van der Waals surface area contributed by atoms with Gasteiger partial charge in [-0.1, -0.05) is 6.92 Å². The molecule has 1 nitrogen and oxygen atoms in total. The molecule has 0 rings (SSSR count). The van der Waals surface area contributed by atoms with Crippen LogP contribution in [-0.4, -0.2) is 17.4 Å². The fourth-order valence-corrected chi connectivity index (χ4v) is 0.645. The maximum absolute atomic E-state index is 11.7. The summed E-state index contributed by atoms with van der Waals surface area (Å²) < 4.78 is 35.1. The molecule has 11 heavy (non-hydrogen) atoms. The minimum absolute atomic E-state index is 0. The van der Waals surface area contributed by atoms with E-state index in [2.05, 4.69) is 0 Å². The molecule has 0 spiro atoms. The van der Waals surface area contributed by atoms with Gasteiger partial charge in [0.15, 0.2) is 0 Å². The summed E-state index contributed by atoms with van der Waals surface area (Å²) in [6, 6.07) is 0. The van der Waals surface area contributed by atoms with Gasteiger partial charge in [0.05, 0.1) is 12.0 Å². The first kappa shape index (κ1) is 13.6. The van der Waals surface area contributed by atoms with E-state index < -0.39 is 18.2 Å². The van der Waals surface area contributed by atoms with Crippen LogP contribution in [0.3, 0.4) is 0 Å². The molecule has 2 atom stereocenters. The molecule has 0 aliphatic carbocycles. The maximum atomic E-state index is 11.7. The summed E-state index contributed by atoms with van der Waals surface area (Å²) in [5.41, 5.74) is 0. The number of rotatable bonds is 2. The zero-order chi connectivity index (χ0) is 8.36. The van der Waals surface area contributed by atoms with E-state index in [9.17, 15) is 13.2 Å². The van der Waals surface area contributed by atoms with Crippen molar-refractivity contribution in [3.8, 4) is 0 Å². The van der Waals surface area contributed by atoms with Crippen LogP contribution < -0.4 is 0 Å². The molecule has 0 amide bonds. The lowest BCUT2D eigenvalue weighted by molar-refractivity contribution is -0.176. The second kappa shape index (κ2) is 4.83. The highest BCUT2D eigenvalue weighted by atomic mass is 35.5. The number of aliphatic hydroxyl groups excluding tert-OH is 1. The first-order valence-corrected chi connectivity index (χ1v) is 3.09. The zero-order valence-corrected chi connectivity index (χ0v) is 7.17. The minimum atomic E-state index is -4.17. The van der Waals surface area contributed by atoms with Crippen LogP contribution in [0.1, 0.15) is 20.3 Å². The summed E-state index contributed by atoms with van der Waals surface area (Å²) >= 11 is 0. The van der Waals surface area contributed by atoms with E-state index in [1.807, 2.05) is 0 Å². The van der Waals surface area contributed by atoms with Gasteiger partial charge in [0.1, 0.15) is 0 Å². The van der Waals surface area contributed by atoms with Crippen LogP contribution in [0.4, 0.5) is 13.2 Å². The monoisotopic (exact) mass is 192 g/mol. The lowest BCUT2D eigenvalue weighted by atomic mass is 10.0. The molecule has 0 fully saturated rings. The standard InChI is InChI=1S/C6H11F3O.ClH/c1-4(3-5(2)10)6(7,8)9;/h4-5,10H,3H2,1-2H3;1H. The Kier molecular flexibility index (Phi) is 5.97. The van der Waals surface area contributed by atoms with Crippen molar-refractivity contribution in [3.63, 3.8) is 0 Å². The van der Waals surface area contributed by atoms with E-state index in [1.165, 1.54) is 6.92 Å². The van der Waals surface area contributed by atoms with E-state index in [-0.39, 0.29) is 18.8 Å². The number of aliphatic hydroxyl groups is 1. The van der Waals surface area contributed by atoms with Crippen LogP contribution in [0, 0.1) is 5.92 Å². The predicted molar refractivity (Wildman–Crippen MR) is 38.8 cm³/mol. The average Bonchev–Trinajstić information content (AvgIpc) is 1.60. The Morgan fingerprint density at radius 1 is 1.27 bits per heavy atom. The van der Waals surface area contributed by atoms with Crippen LogP contribution >= 0.6 is 12.4 Å². The molecule has 0 radical (unpaired) electrons.